The minimum absolute atomic E-state index is 0.100. The van der Waals surface area contributed by atoms with Crippen LogP contribution in [0.15, 0.2) is 36.4 Å². The Bertz CT molecular complexity index is 1970. The highest BCUT2D eigenvalue weighted by Gasteiger charge is 2.38. The Morgan fingerprint density at radius 3 is 1.87 bits per heavy atom. The second kappa shape index (κ2) is 14.8. The molecule has 0 spiro atoms. The number of ether oxygens (including phenoxy) is 2. The highest BCUT2D eigenvalue weighted by Crippen LogP contribution is 2.38. The van der Waals surface area contributed by atoms with Crippen LogP contribution in [0.5, 0.6) is 0 Å². The number of nitrogens with one attached hydrogen (secondary N) is 5. The third-order valence-electron chi connectivity index (χ3n) is 10.7. The first kappa shape index (κ1) is 35.2. The number of nitrogens with zero attached hydrogens (tertiary/aromatic N) is 4. The molecular weight excluding hydrogens is 666 g/mol. The van der Waals surface area contributed by atoms with E-state index in [1.807, 2.05) is 18.7 Å². The summed E-state index contributed by atoms with van der Waals surface area (Å²) in [4.78, 5) is 70.3. The first-order chi connectivity index (χ1) is 25.1. The Morgan fingerprint density at radius 1 is 0.788 bits per heavy atom. The second-order valence-electron chi connectivity index (χ2n) is 14.3. The number of alkyl carbamates (subject to hydrolysis) is 2. The average Bonchev–Trinajstić information content (AvgIpc) is 3.99. The maximum absolute atomic E-state index is 13.6. The maximum Gasteiger partial charge on any atom is 0.407 e. The van der Waals surface area contributed by atoms with Crippen LogP contribution in [0.2, 0.25) is 0 Å². The van der Waals surface area contributed by atoms with Gasteiger partial charge in [-0.25, -0.2) is 19.6 Å². The third kappa shape index (κ3) is 7.01. The molecule has 52 heavy (non-hydrogen) atoms. The molecule has 15 heteroatoms. The molecule has 4 aromatic rings. The minimum atomic E-state index is -0.683. The van der Waals surface area contributed by atoms with Crippen molar-refractivity contribution < 1.29 is 28.7 Å². The number of hydrogen-bond acceptors (Lipinski definition) is 9. The van der Waals surface area contributed by atoms with Crippen molar-refractivity contribution in [3.05, 3.63) is 59.2 Å². The Kier molecular flexibility index (Phi) is 10.0. The standard InChI is InChI=1S/C37H47N9O6/c1-20(2)32(44-37(50)52-4)35(48)46-16-6-8-30(46)34-41-26-12-10-22(18-28(26)43-34)24-14-13-23(39-24)21-9-11-25-27(17-21)42-33(40-25)29-7-5-15-45(29)31(47)19-38-36(49)51-3/h9-12,17-18,20,23-24,29-30,32,39H,5-8,13-16,19H2,1-4H3,(H,38,49)(H,40,42)(H,41,43)(H,44,50)/t23-,24-,29+,30?,32?/m1/s1. The highest BCUT2D eigenvalue weighted by atomic mass is 16.5. The van der Waals surface area contributed by atoms with E-state index in [1.165, 1.54) is 14.2 Å². The lowest BCUT2D eigenvalue weighted by atomic mass is 10.0. The number of benzene rings is 2. The van der Waals surface area contributed by atoms with Crippen molar-refractivity contribution in [1.82, 2.24) is 45.7 Å². The molecule has 2 aromatic carbocycles. The van der Waals surface area contributed by atoms with E-state index in [0.717, 1.165) is 83.4 Å². The summed E-state index contributed by atoms with van der Waals surface area (Å²) in [6.45, 7) is 4.91. The summed E-state index contributed by atoms with van der Waals surface area (Å²) < 4.78 is 9.36. The first-order valence-corrected chi connectivity index (χ1v) is 18.1. The molecule has 3 aliphatic rings. The average molecular weight is 714 g/mol. The fourth-order valence-electron chi connectivity index (χ4n) is 7.97. The van der Waals surface area contributed by atoms with E-state index in [4.69, 9.17) is 14.7 Å². The lowest BCUT2D eigenvalue weighted by Gasteiger charge is -2.29. The molecule has 5 N–H and O–H groups in total. The largest absolute Gasteiger partial charge is 0.453 e. The molecule has 0 aliphatic carbocycles. The number of hydrogen-bond donors (Lipinski definition) is 5. The van der Waals surface area contributed by atoms with Crippen LogP contribution in [-0.4, -0.2) is 93.6 Å². The van der Waals surface area contributed by atoms with Gasteiger partial charge in [0.15, 0.2) is 0 Å². The molecule has 7 rings (SSSR count). The van der Waals surface area contributed by atoms with Gasteiger partial charge >= 0.3 is 12.2 Å². The maximum atomic E-state index is 13.6. The van der Waals surface area contributed by atoms with Crippen LogP contribution in [0, 0.1) is 5.92 Å². The number of likely N-dealkylation sites (tertiary alicyclic amines) is 2. The normalized spacial score (nSPS) is 22.3. The lowest BCUT2D eigenvalue weighted by molar-refractivity contribution is -0.135. The van der Waals surface area contributed by atoms with Gasteiger partial charge in [-0.1, -0.05) is 26.0 Å². The van der Waals surface area contributed by atoms with Crippen LogP contribution >= 0.6 is 0 Å². The number of fused-ring (bicyclic) bond motifs is 2. The van der Waals surface area contributed by atoms with Crippen LogP contribution in [0.1, 0.15) is 99.3 Å². The SMILES string of the molecule is COC(=O)NCC(=O)N1CCC[C@H]1c1nc2cc([C@H]3CC[C@H](c4ccc5[nH]c(C6CCCN6C(=O)C(NC(=O)OC)C(C)C)nc5c4)N3)ccc2[nH]1. The number of rotatable bonds is 9. The molecule has 3 saturated heterocycles. The number of aromatic amines is 2. The van der Waals surface area contributed by atoms with Crippen LogP contribution in [-0.2, 0) is 19.1 Å². The van der Waals surface area contributed by atoms with Crippen molar-refractivity contribution in [2.24, 2.45) is 5.92 Å². The highest BCUT2D eigenvalue weighted by molar-refractivity contribution is 5.87. The van der Waals surface area contributed by atoms with Crippen LogP contribution in [0.3, 0.4) is 0 Å². The van der Waals surface area contributed by atoms with Crippen molar-refractivity contribution in [2.75, 3.05) is 33.9 Å². The molecule has 2 aromatic heterocycles. The van der Waals surface area contributed by atoms with Crippen molar-refractivity contribution >= 4 is 46.1 Å². The van der Waals surface area contributed by atoms with Crippen molar-refractivity contribution in [1.29, 1.82) is 0 Å². The molecular formula is C37H47N9O6. The van der Waals surface area contributed by atoms with Gasteiger partial charge < -0.3 is 45.2 Å². The molecule has 15 nitrogen and oxygen atoms in total. The Hall–Kier alpha value is -5.18. The quantitative estimate of drug-likeness (QED) is 0.164. The zero-order valence-electron chi connectivity index (χ0n) is 30.0. The molecule has 0 bridgehead atoms. The van der Waals surface area contributed by atoms with E-state index in [9.17, 15) is 19.2 Å². The summed E-state index contributed by atoms with van der Waals surface area (Å²) >= 11 is 0. The van der Waals surface area contributed by atoms with Gasteiger partial charge in [0.05, 0.1) is 48.4 Å². The molecule has 5 heterocycles. The summed E-state index contributed by atoms with van der Waals surface area (Å²) in [5.74, 6) is 1.11. The number of carbonyl (C=O) groups excluding carboxylic acids is 4. The zero-order valence-corrected chi connectivity index (χ0v) is 30.0. The molecule has 3 aliphatic heterocycles. The zero-order chi connectivity index (χ0) is 36.5. The summed E-state index contributed by atoms with van der Waals surface area (Å²) in [5, 5.41) is 9.01. The third-order valence-corrected chi connectivity index (χ3v) is 10.7. The second-order valence-corrected chi connectivity index (χ2v) is 14.3. The van der Waals surface area contributed by atoms with Gasteiger partial charge in [-0.3, -0.25) is 9.59 Å². The summed E-state index contributed by atoms with van der Waals surface area (Å²) in [5.41, 5.74) is 5.87. The van der Waals surface area contributed by atoms with E-state index in [0.29, 0.717) is 13.1 Å². The van der Waals surface area contributed by atoms with E-state index in [2.05, 4.69) is 67.1 Å². The summed E-state index contributed by atoms with van der Waals surface area (Å²) in [6.07, 6.45) is 3.99. The van der Waals surface area contributed by atoms with E-state index >= 15 is 0 Å². The van der Waals surface area contributed by atoms with Crippen molar-refractivity contribution in [2.45, 2.75) is 82.6 Å². The fraction of sp³-hybridized carbons (Fsp3) is 0.514. The van der Waals surface area contributed by atoms with Crippen molar-refractivity contribution in [3.8, 4) is 0 Å². The minimum Gasteiger partial charge on any atom is -0.453 e. The molecule has 276 valence electrons. The first-order valence-electron chi connectivity index (χ1n) is 18.1. The van der Waals surface area contributed by atoms with Gasteiger partial charge in [-0.2, -0.15) is 0 Å². The van der Waals surface area contributed by atoms with Crippen molar-refractivity contribution in [3.63, 3.8) is 0 Å². The monoisotopic (exact) mass is 713 g/mol. The topological polar surface area (TPSA) is 187 Å². The summed E-state index contributed by atoms with van der Waals surface area (Å²) in [7, 11) is 2.57. The number of methoxy groups -OCH3 is 2. The Balaban J connectivity index is 1.02. The van der Waals surface area contributed by atoms with Gasteiger partial charge in [0.2, 0.25) is 11.8 Å². The Morgan fingerprint density at radius 2 is 1.33 bits per heavy atom. The molecule has 0 saturated carbocycles. The smallest absolute Gasteiger partial charge is 0.407 e. The van der Waals surface area contributed by atoms with Gasteiger partial charge in [-0.15, -0.1) is 0 Å². The van der Waals surface area contributed by atoms with Gasteiger partial charge in [-0.05, 0) is 79.8 Å². The van der Waals surface area contributed by atoms with E-state index in [1.54, 1.807) is 4.90 Å². The van der Waals surface area contributed by atoms with Crippen LogP contribution in [0.25, 0.3) is 22.1 Å². The number of aromatic nitrogens is 4. The number of amides is 4. The molecule has 3 fully saturated rings. The molecule has 0 radical (unpaired) electrons. The fourth-order valence-corrected chi connectivity index (χ4v) is 7.97. The van der Waals surface area contributed by atoms with Gasteiger partial charge in [0.25, 0.3) is 0 Å². The van der Waals surface area contributed by atoms with E-state index in [-0.39, 0.29) is 48.4 Å². The predicted molar refractivity (Wildman–Crippen MR) is 192 cm³/mol. The predicted octanol–water partition coefficient (Wildman–Crippen LogP) is 4.67. The lowest BCUT2D eigenvalue weighted by Crippen LogP contribution is -2.51. The number of imidazole rings is 2. The van der Waals surface area contributed by atoms with Gasteiger partial charge in [0.1, 0.15) is 24.2 Å². The van der Waals surface area contributed by atoms with Crippen LogP contribution < -0.4 is 16.0 Å². The number of H-pyrrole nitrogens is 2. The molecule has 2 unspecified atom stereocenters. The Labute approximate surface area is 301 Å². The molecule has 4 amide bonds. The van der Waals surface area contributed by atoms with Gasteiger partial charge in [0, 0.05) is 25.2 Å². The summed E-state index contributed by atoms with van der Waals surface area (Å²) in [6, 6.07) is 11.9. The van der Waals surface area contributed by atoms with E-state index < -0.39 is 18.2 Å². The molecule has 5 atom stereocenters. The van der Waals surface area contributed by atoms with Crippen LogP contribution in [0.4, 0.5) is 9.59 Å². The number of carbonyl (C=O) groups is 4.